The quantitative estimate of drug-likeness (QED) is 0.909. The Balaban J connectivity index is 2.43. The highest BCUT2D eigenvalue weighted by Crippen LogP contribution is 2.25. The van der Waals surface area contributed by atoms with Crippen LogP contribution in [-0.4, -0.2) is 21.0 Å². The second-order valence-corrected chi connectivity index (χ2v) is 3.96. The molecule has 0 radical (unpaired) electrons. The molecule has 4 nitrogen and oxygen atoms in total. The van der Waals surface area contributed by atoms with E-state index in [1.54, 1.807) is 12.1 Å². The number of aromatic nitrogens is 2. The Morgan fingerprint density at radius 2 is 1.82 bits per heavy atom. The van der Waals surface area contributed by atoms with Crippen LogP contribution in [0.3, 0.4) is 0 Å². The largest absolute Gasteiger partial charge is 0.478 e. The summed E-state index contributed by atoms with van der Waals surface area (Å²) in [4.78, 5) is 18.6. The van der Waals surface area contributed by atoms with E-state index in [-0.39, 0.29) is 15.9 Å². The standard InChI is InChI=1S/C11H6Cl2N2O2/c12-8-5-14-9(10(13)15-8)6-1-3-7(4-2-6)11(16)17/h1-5H,(H,16,17). The van der Waals surface area contributed by atoms with E-state index >= 15 is 0 Å². The average Bonchev–Trinajstić information content (AvgIpc) is 2.29. The predicted octanol–water partition coefficient (Wildman–Crippen LogP) is 3.15. The van der Waals surface area contributed by atoms with E-state index in [0.29, 0.717) is 11.3 Å². The Morgan fingerprint density at radius 1 is 1.18 bits per heavy atom. The molecule has 2 rings (SSSR count). The van der Waals surface area contributed by atoms with E-state index in [1.165, 1.54) is 18.3 Å². The summed E-state index contributed by atoms with van der Waals surface area (Å²) in [7, 11) is 0. The number of benzene rings is 1. The smallest absolute Gasteiger partial charge is 0.335 e. The van der Waals surface area contributed by atoms with Crippen LogP contribution < -0.4 is 0 Å². The fraction of sp³-hybridized carbons (Fsp3) is 0. The van der Waals surface area contributed by atoms with Gasteiger partial charge < -0.3 is 5.11 Å². The monoisotopic (exact) mass is 268 g/mol. The SMILES string of the molecule is O=C(O)c1ccc(-c2ncc(Cl)nc2Cl)cc1. The predicted molar refractivity (Wildman–Crippen MR) is 64.4 cm³/mol. The zero-order chi connectivity index (χ0) is 12.4. The molecule has 0 spiro atoms. The summed E-state index contributed by atoms with van der Waals surface area (Å²) >= 11 is 11.5. The van der Waals surface area contributed by atoms with Gasteiger partial charge in [0, 0.05) is 5.56 Å². The van der Waals surface area contributed by atoms with Gasteiger partial charge in [0.05, 0.1) is 11.8 Å². The molecule has 1 N–H and O–H groups in total. The molecule has 86 valence electrons. The summed E-state index contributed by atoms with van der Waals surface area (Å²) in [5, 5.41) is 9.16. The van der Waals surface area contributed by atoms with Crippen molar-refractivity contribution in [3.63, 3.8) is 0 Å². The number of rotatable bonds is 2. The molecule has 0 aliphatic heterocycles. The Kier molecular flexibility index (Phi) is 3.26. The van der Waals surface area contributed by atoms with Crippen molar-refractivity contribution in [2.75, 3.05) is 0 Å². The lowest BCUT2D eigenvalue weighted by Gasteiger charge is -2.03. The highest BCUT2D eigenvalue weighted by atomic mass is 35.5. The fourth-order valence-corrected chi connectivity index (χ4v) is 1.74. The molecule has 0 bridgehead atoms. The van der Waals surface area contributed by atoms with Gasteiger partial charge in [-0.05, 0) is 12.1 Å². The van der Waals surface area contributed by atoms with Crippen molar-refractivity contribution in [2.24, 2.45) is 0 Å². The highest BCUT2D eigenvalue weighted by molar-refractivity contribution is 6.33. The Labute approximate surface area is 107 Å². The molecule has 0 unspecified atom stereocenters. The Hall–Kier alpha value is -1.65. The van der Waals surface area contributed by atoms with E-state index in [1.807, 2.05) is 0 Å². The van der Waals surface area contributed by atoms with Crippen LogP contribution in [0.5, 0.6) is 0 Å². The topological polar surface area (TPSA) is 63.1 Å². The van der Waals surface area contributed by atoms with Crippen molar-refractivity contribution >= 4 is 29.2 Å². The molecule has 0 saturated heterocycles. The van der Waals surface area contributed by atoms with Gasteiger partial charge in [-0.15, -0.1) is 0 Å². The molecule has 1 aromatic heterocycles. The molecule has 2 aromatic rings. The molecule has 0 atom stereocenters. The lowest BCUT2D eigenvalue weighted by atomic mass is 10.1. The van der Waals surface area contributed by atoms with Gasteiger partial charge in [0.2, 0.25) is 0 Å². The van der Waals surface area contributed by atoms with Crippen LogP contribution >= 0.6 is 23.2 Å². The third kappa shape index (κ3) is 2.54. The summed E-state index contributed by atoms with van der Waals surface area (Å²) in [6.07, 6.45) is 1.38. The third-order valence-corrected chi connectivity index (χ3v) is 2.55. The van der Waals surface area contributed by atoms with Gasteiger partial charge in [-0.25, -0.2) is 14.8 Å². The molecule has 0 amide bonds. The average molecular weight is 269 g/mol. The van der Waals surface area contributed by atoms with Crippen molar-refractivity contribution in [1.82, 2.24) is 9.97 Å². The first-order valence-corrected chi connectivity index (χ1v) is 5.35. The van der Waals surface area contributed by atoms with Gasteiger partial charge in [0.25, 0.3) is 0 Å². The molecule has 0 saturated carbocycles. The van der Waals surface area contributed by atoms with Crippen molar-refractivity contribution in [3.05, 3.63) is 46.3 Å². The number of carbonyl (C=O) groups is 1. The molecule has 17 heavy (non-hydrogen) atoms. The maximum atomic E-state index is 10.7. The lowest BCUT2D eigenvalue weighted by molar-refractivity contribution is 0.0697. The first-order valence-electron chi connectivity index (χ1n) is 4.59. The first-order chi connectivity index (χ1) is 8.08. The van der Waals surface area contributed by atoms with E-state index in [9.17, 15) is 4.79 Å². The van der Waals surface area contributed by atoms with Crippen LogP contribution in [0.25, 0.3) is 11.3 Å². The van der Waals surface area contributed by atoms with Crippen LogP contribution in [0, 0.1) is 0 Å². The first kappa shape index (κ1) is 11.8. The van der Waals surface area contributed by atoms with E-state index in [0.717, 1.165) is 0 Å². The zero-order valence-corrected chi connectivity index (χ0v) is 9.90. The van der Waals surface area contributed by atoms with Crippen molar-refractivity contribution in [3.8, 4) is 11.3 Å². The number of halogens is 2. The van der Waals surface area contributed by atoms with Crippen molar-refractivity contribution in [2.45, 2.75) is 0 Å². The third-order valence-electron chi connectivity index (χ3n) is 2.11. The molecular weight excluding hydrogens is 263 g/mol. The molecule has 0 fully saturated rings. The van der Waals surface area contributed by atoms with Gasteiger partial charge in [0.1, 0.15) is 10.8 Å². The summed E-state index contributed by atoms with van der Waals surface area (Å²) in [6.45, 7) is 0. The second-order valence-electron chi connectivity index (χ2n) is 3.21. The number of carboxylic acids is 1. The normalized spacial score (nSPS) is 10.2. The molecule has 1 heterocycles. The van der Waals surface area contributed by atoms with E-state index in [4.69, 9.17) is 28.3 Å². The number of carboxylic acid groups (broad SMARTS) is 1. The fourth-order valence-electron chi connectivity index (χ4n) is 1.31. The summed E-state index contributed by atoms with van der Waals surface area (Å²) < 4.78 is 0. The lowest BCUT2D eigenvalue weighted by Crippen LogP contribution is -1.95. The maximum Gasteiger partial charge on any atom is 0.335 e. The summed E-state index contributed by atoms with van der Waals surface area (Å²) in [6, 6.07) is 6.19. The number of aromatic carboxylic acids is 1. The number of hydrogen-bond donors (Lipinski definition) is 1. The second kappa shape index (κ2) is 4.69. The van der Waals surface area contributed by atoms with Crippen LogP contribution in [0.15, 0.2) is 30.5 Å². The van der Waals surface area contributed by atoms with Gasteiger partial charge in [-0.1, -0.05) is 35.3 Å². The molecular formula is C11H6Cl2N2O2. The number of hydrogen-bond acceptors (Lipinski definition) is 3. The summed E-state index contributed by atoms with van der Waals surface area (Å²) in [5.41, 5.74) is 1.35. The molecule has 0 aliphatic carbocycles. The molecule has 6 heteroatoms. The van der Waals surface area contributed by atoms with Crippen LogP contribution in [0.4, 0.5) is 0 Å². The highest BCUT2D eigenvalue weighted by Gasteiger charge is 2.08. The van der Waals surface area contributed by atoms with Crippen LogP contribution in [0.2, 0.25) is 10.3 Å². The van der Waals surface area contributed by atoms with Crippen LogP contribution in [0.1, 0.15) is 10.4 Å². The minimum absolute atomic E-state index is 0.181. The van der Waals surface area contributed by atoms with Gasteiger partial charge >= 0.3 is 5.97 Å². The van der Waals surface area contributed by atoms with E-state index in [2.05, 4.69) is 9.97 Å². The van der Waals surface area contributed by atoms with Gasteiger partial charge in [-0.2, -0.15) is 0 Å². The maximum absolute atomic E-state index is 10.7. The van der Waals surface area contributed by atoms with E-state index < -0.39 is 5.97 Å². The Morgan fingerprint density at radius 3 is 2.35 bits per heavy atom. The zero-order valence-electron chi connectivity index (χ0n) is 8.39. The molecule has 0 aliphatic rings. The summed E-state index contributed by atoms with van der Waals surface area (Å²) in [5.74, 6) is -0.982. The van der Waals surface area contributed by atoms with Crippen molar-refractivity contribution < 1.29 is 9.90 Å². The minimum atomic E-state index is -0.982. The van der Waals surface area contributed by atoms with Crippen molar-refractivity contribution in [1.29, 1.82) is 0 Å². The number of nitrogens with zero attached hydrogens (tertiary/aromatic N) is 2. The Bertz CT molecular complexity index is 570. The van der Waals surface area contributed by atoms with Gasteiger partial charge in [-0.3, -0.25) is 0 Å². The molecule has 1 aromatic carbocycles. The minimum Gasteiger partial charge on any atom is -0.478 e. The van der Waals surface area contributed by atoms with Crippen LogP contribution in [-0.2, 0) is 0 Å². The van der Waals surface area contributed by atoms with Gasteiger partial charge in [0.15, 0.2) is 5.15 Å².